The number of ether oxygens (including phenoxy) is 1. The minimum atomic E-state index is -0.649. The van der Waals surface area contributed by atoms with Crippen LogP contribution in [-0.2, 0) is 9.59 Å². The maximum atomic E-state index is 13.7. The first kappa shape index (κ1) is 34.6. The van der Waals surface area contributed by atoms with E-state index in [1.165, 1.54) is 24.9 Å². The van der Waals surface area contributed by atoms with Crippen molar-refractivity contribution in [1.29, 1.82) is 0 Å². The highest BCUT2D eigenvalue weighted by Gasteiger charge is 2.23. The smallest absolute Gasteiger partial charge is 0.272 e. The van der Waals surface area contributed by atoms with E-state index in [1.54, 1.807) is 84.9 Å². The van der Waals surface area contributed by atoms with Crippen molar-refractivity contribution in [3.05, 3.63) is 159 Å². The van der Waals surface area contributed by atoms with Crippen LogP contribution in [0.25, 0.3) is 6.08 Å². The summed E-state index contributed by atoms with van der Waals surface area (Å²) >= 11 is 20.2. The molecule has 5 rings (SSSR count). The van der Waals surface area contributed by atoms with Crippen LogP contribution in [0.5, 0.6) is 5.75 Å². The van der Waals surface area contributed by atoms with Crippen LogP contribution in [0.1, 0.15) is 26.7 Å². The van der Waals surface area contributed by atoms with Crippen molar-refractivity contribution in [3.8, 4) is 5.75 Å². The third-order valence-corrected chi connectivity index (χ3v) is 9.29. The Kier molecular flexibility index (Phi) is 11.8. The molecule has 5 aromatic carbocycles. The van der Waals surface area contributed by atoms with E-state index in [4.69, 9.17) is 39.5 Å². The summed E-state index contributed by atoms with van der Waals surface area (Å²) in [5, 5.41) is 8.75. The van der Waals surface area contributed by atoms with Crippen molar-refractivity contribution in [1.82, 2.24) is 5.32 Å². The summed E-state index contributed by atoms with van der Waals surface area (Å²) in [6, 6.07) is 34.9. The first-order chi connectivity index (χ1) is 23.2. The Morgan fingerprint density at radius 1 is 0.729 bits per heavy atom. The van der Waals surface area contributed by atoms with Crippen LogP contribution < -0.4 is 20.7 Å². The van der Waals surface area contributed by atoms with Crippen molar-refractivity contribution in [2.45, 2.75) is 10.1 Å². The second-order valence-corrected chi connectivity index (χ2v) is 12.6. The van der Waals surface area contributed by atoms with Gasteiger partial charge in [0.1, 0.15) is 16.7 Å². The van der Waals surface area contributed by atoms with E-state index in [0.29, 0.717) is 43.2 Å². The van der Waals surface area contributed by atoms with Crippen molar-refractivity contribution in [3.63, 3.8) is 0 Å². The Balaban J connectivity index is 1.39. The molecule has 48 heavy (non-hydrogen) atoms. The van der Waals surface area contributed by atoms with Crippen LogP contribution in [0.3, 0.4) is 0 Å². The fourth-order valence-corrected chi connectivity index (χ4v) is 6.27. The molecular weight excluding hydrogens is 689 g/mol. The van der Waals surface area contributed by atoms with Gasteiger partial charge in [0.05, 0.1) is 22.2 Å². The number of thioether (sulfide) groups is 1. The molecule has 3 N–H and O–H groups in total. The first-order valence-electron chi connectivity index (χ1n) is 14.5. The average Bonchev–Trinajstić information content (AvgIpc) is 3.09. The van der Waals surface area contributed by atoms with Crippen LogP contribution >= 0.6 is 46.6 Å². The highest BCUT2D eigenvalue weighted by molar-refractivity contribution is 8.00. The molecule has 0 aromatic heterocycles. The molecule has 1 atom stereocenters. The minimum absolute atomic E-state index is 0.0502. The zero-order chi connectivity index (χ0) is 34.0. The number of hydrogen-bond acceptors (Lipinski definition) is 5. The maximum Gasteiger partial charge on any atom is 0.272 e. The average molecular weight is 717 g/mol. The Bertz CT molecular complexity index is 1970. The summed E-state index contributed by atoms with van der Waals surface area (Å²) in [4.78, 5) is 41.1. The van der Waals surface area contributed by atoms with E-state index < -0.39 is 17.1 Å². The van der Waals surface area contributed by atoms with Crippen LogP contribution in [0.4, 0.5) is 11.4 Å². The molecule has 0 radical (unpaired) electrons. The molecular formula is C37H28Cl3N3O4S. The van der Waals surface area contributed by atoms with Gasteiger partial charge in [-0.3, -0.25) is 14.4 Å². The second kappa shape index (κ2) is 16.4. The van der Waals surface area contributed by atoms with Crippen LogP contribution in [0.15, 0.2) is 132 Å². The summed E-state index contributed by atoms with van der Waals surface area (Å²) in [7, 11) is 1.52. The monoisotopic (exact) mass is 715 g/mol. The number of amides is 3. The molecule has 0 heterocycles. The molecule has 0 aliphatic heterocycles. The van der Waals surface area contributed by atoms with Gasteiger partial charge in [0.15, 0.2) is 0 Å². The molecule has 0 saturated heterocycles. The normalized spacial score (nSPS) is 11.7. The van der Waals surface area contributed by atoms with Gasteiger partial charge in [-0.1, -0.05) is 102 Å². The first-order valence-corrected chi connectivity index (χ1v) is 16.5. The molecule has 1 unspecified atom stereocenters. The lowest BCUT2D eigenvalue weighted by Gasteiger charge is -2.18. The summed E-state index contributed by atoms with van der Waals surface area (Å²) in [6.45, 7) is 0. The fourth-order valence-electron chi connectivity index (χ4n) is 4.56. The number of rotatable bonds is 11. The van der Waals surface area contributed by atoms with Crippen LogP contribution in [-0.4, -0.2) is 24.8 Å². The Morgan fingerprint density at radius 2 is 1.42 bits per heavy atom. The topological polar surface area (TPSA) is 96.5 Å². The Labute approximate surface area is 297 Å². The van der Waals surface area contributed by atoms with Gasteiger partial charge in [-0.15, -0.1) is 11.8 Å². The molecule has 7 nitrogen and oxygen atoms in total. The summed E-state index contributed by atoms with van der Waals surface area (Å²) in [5.74, 6) is -0.842. The fraction of sp³-hybridized carbons (Fsp3) is 0.0541. The summed E-state index contributed by atoms with van der Waals surface area (Å²) < 4.78 is 5.22. The van der Waals surface area contributed by atoms with Crippen LogP contribution in [0.2, 0.25) is 15.1 Å². The Hall–Kier alpha value is -4.73. The second-order valence-electron chi connectivity index (χ2n) is 10.3. The van der Waals surface area contributed by atoms with Crippen LogP contribution in [0, 0.1) is 0 Å². The lowest BCUT2D eigenvalue weighted by atomic mass is 10.1. The SMILES string of the molecule is COc1ccc(NC(=O)C(Sc2cccc(NC(=O)/C(=C\c3cccc(Cl)c3Cl)NC(=O)c3ccccc3)c2)c2ccccc2)cc1Cl. The van der Waals surface area contributed by atoms with Gasteiger partial charge in [-0.2, -0.15) is 0 Å². The predicted octanol–water partition coefficient (Wildman–Crippen LogP) is 9.54. The molecule has 3 amide bonds. The van der Waals surface area contributed by atoms with Gasteiger partial charge in [0, 0.05) is 21.8 Å². The molecule has 11 heteroatoms. The number of nitrogens with one attached hydrogen (secondary N) is 3. The zero-order valence-electron chi connectivity index (χ0n) is 25.4. The van der Waals surface area contributed by atoms with E-state index in [2.05, 4.69) is 16.0 Å². The van der Waals surface area contributed by atoms with Crippen molar-refractivity contribution >= 4 is 81.7 Å². The van der Waals surface area contributed by atoms with Crippen molar-refractivity contribution in [2.75, 3.05) is 17.7 Å². The Morgan fingerprint density at radius 3 is 2.12 bits per heavy atom. The highest BCUT2D eigenvalue weighted by Crippen LogP contribution is 2.38. The lowest BCUT2D eigenvalue weighted by molar-refractivity contribution is -0.116. The van der Waals surface area contributed by atoms with E-state index in [0.717, 1.165) is 5.56 Å². The number of methoxy groups -OCH3 is 1. The molecule has 0 aliphatic carbocycles. The number of carbonyl (C=O) groups is 3. The third-order valence-electron chi connectivity index (χ3n) is 6.92. The van der Waals surface area contributed by atoms with E-state index >= 15 is 0 Å². The van der Waals surface area contributed by atoms with Gasteiger partial charge in [0.2, 0.25) is 5.91 Å². The van der Waals surface area contributed by atoms with Crippen molar-refractivity contribution in [2.24, 2.45) is 0 Å². The molecule has 0 saturated carbocycles. The van der Waals surface area contributed by atoms with E-state index in [1.807, 2.05) is 36.4 Å². The molecule has 0 aliphatic rings. The standard InChI is InChI=1S/C37H28Cl3N3O4S/c1-47-32-19-18-27(22-30(32)39)42-37(46)34(23-10-4-2-5-11-23)48-28-16-9-15-26(21-28)41-36(45)31(20-25-14-8-17-29(38)33(25)40)43-35(44)24-12-6-3-7-13-24/h2-22,34H,1H3,(H,41,45)(H,42,46)(H,43,44)/b31-20+. The number of halogens is 3. The van der Waals surface area contributed by atoms with Gasteiger partial charge in [-0.25, -0.2) is 0 Å². The van der Waals surface area contributed by atoms with E-state index in [-0.39, 0.29) is 16.6 Å². The lowest BCUT2D eigenvalue weighted by Crippen LogP contribution is -2.30. The largest absolute Gasteiger partial charge is 0.495 e. The predicted molar refractivity (Wildman–Crippen MR) is 195 cm³/mol. The van der Waals surface area contributed by atoms with Gasteiger partial charge in [-0.05, 0) is 71.8 Å². The van der Waals surface area contributed by atoms with Crippen molar-refractivity contribution < 1.29 is 19.1 Å². The van der Waals surface area contributed by atoms with Gasteiger partial charge in [0.25, 0.3) is 11.8 Å². The molecule has 242 valence electrons. The quantitative estimate of drug-likeness (QED) is 0.0935. The molecule has 5 aromatic rings. The van der Waals surface area contributed by atoms with Gasteiger partial charge >= 0.3 is 0 Å². The van der Waals surface area contributed by atoms with Gasteiger partial charge < -0.3 is 20.7 Å². The maximum absolute atomic E-state index is 13.7. The molecule has 0 bridgehead atoms. The zero-order valence-corrected chi connectivity index (χ0v) is 28.5. The number of anilines is 2. The highest BCUT2D eigenvalue weighted by atomic mass is 35.5. The molecule has 0 spiro atoms. The van der Waals surface area contributed by atoms with E-state index in [9.17, 15) is 14.4 Å². The number of carbonyl (C=O) groups excluding carboxylic acids is 3. The summed E-state index contributed by atoms with van der Waals surface area (Å²) in [6.07, 6.45) is 1.46. The summed E-state index contributed by atoms with van der Waals surface area (Å²) in [5.41, 5.74) is 2.50. The number of benzene rings is 5. The number of hydrogen-bond donors (Lipinski definition) is 3. The minimum Gasteiger partial charge on any atom is -0.495 e. The third kappa shape index (κ3) is 8.99. The molecule has 0 fully saturated rings.